The fraction of sp³-hybridized carbons (Fsp3) is 0.464. The van der Waals surface area contributed by atoms with Crippen LogP contribution < -0.4 is 27.4 Å². The van der Waals surface area contributed by atoms with Crippen LogP contribution >= 0.6 is 23.2 Å². The van der Waals surface area contributed by atoms with Crippen LogP contribution in [0, 0.1) is 5.41 Å². The zero-order valence-corrected chi connectivity index (χ0v) is 23.0. The number of halogens is 2. The van der Waals surface area contributed by atoms with Crippen molar-refractivity contribution in [1.82, 2.24) is 10.6 Å². The third-order valence-electron chi connectivity index (χ3n) is 7.10. The van der Waals surface area contributed by atoms with Gasteiger partial charge in [-0.1, -0.05) is 60.7 Å². The van der Waals surface area contributed by atoms with Crippen molar-refractivity contribution in [2.45, 2.75) is 70.4 Å². The number of nitrogens with one attached hydrogen (secondary N) is 3. The van der Waals surface area contributed by atoms with Crippen molar-refractivity contribution < 1.29 is 14.4 Å². The Morgan fingerprint density at radius 2 is 1.61 bits per heavy atom. The van der Waals surface area contributed by atoms with Crippen LogP contribution in [0.3, 0.4) is 0 Å². The number of primary amides is 1. The van der Waals surface area contributed by atoms with E-state index in [0.717, 1.165) is 49.7 Å². The minimum absolute atomic E-state index is 0.230. The van der Waals surface area contributed by atoms with Crippen LogP contribution in [0.15, 0.2) is 42.5 Å². The molecule has 1 aliphatic carbocycles. The van der Waals surface area contributed by atoms with E-state index in [0.29, 0.717) is 41.5 Å². The molecule has 2 aromatic carbocycles. The summed E-state index contributed by atoms with van der Waals surface area (Å²) in [5, 5.41) is 9.24. The van der Waals surface area contributed by atoms with Gasteiger partial charge in [0.2, 0.25) is 11.8 Å². The predicted octanol–water partition coefficient (Wildman–Crippen LogP) is 4.91. The van der Waals surface area contributed by atoms with E-state index in [1.54, 1.807) is 18.2 Å². The van der Waals surface area contributed by atoms with Gasteiger partial charge in [0.1, 0.15) is 6.04 Å². The molecule has 3 rings (SSSR count). The lowest BCUT2D eigenvalue weighted by Crippen LogP contribution is -2.47. The van der Waals surface area contributed by atoms with Gasteiger partial charge in [0.05, 0.1) is 15.5 Å². The second-order valence-corrected chi connectivity index (χ2v) is 10.8. The maximum absolute atomic E-state index is 13.1. The van der Waals surface area contributed by atoms with E-state index in [1.807, 2.05) is 24.3 Å². The Balaban J connectivity index is 1.59. The first kappa shape index (κ1) is 29.7. The average molecular weight is 563 g/mol. The predicted molar refractivity (Wildman–Crippen MR) is 152 cm³/mol. The molecule has 1 atom stereocenters. The highest BCUT2D eigenvalue weighted by Gasteiger charge is 2.37. The van der Waals surface area contributed by atoms with Gasteiger partial charge in [0, 0.05) is 12.2 Å². The smallest absolute Gasteiger partial charge is 0.315 e. The number of urea groups is 1. The topological polar surface area (TPSA) is 139 Å². The van der Waals surface area contributed by atoms with Gasteiger partial charge in [-0.25, -0.2) is 4.79 Å². The molecule has 10 heteroatoms. The summed E-state index contributed by atoms with van der Waals surface area (Å²) in [6.45, 7) is 0.736. The van der Waals surface area contributed by atoms with Crippen LogP contribution in [0.1, 0.15) is 62.5 Å². The summed E-state index contributed by atoms with van der Waals surface area (Å²) in [4.78, 5) is 37.9. The maximum Gasteiger partial charge on any atom is 0.315 e. The Morgan fingerprint density at radius 3 is 2.24 bits per heavy atom. The first-order valence-electron chi connectivity index (χ1n) is 13.1. The van der Waals surface area contributed by atoms with Gasteiger partial charge in [-0.15, -0.1) is 0 Å². The van der Waals surface area contributed by atoms with Crippen molar-refractivity contribution in [2.24, 2.45) is 16.9 Å². The van der Waals surface area contributed by atoms with Crippen molar-refractivity contribution >= 4 is 46.7 Å². The normalized spacial score (nSPS) is 15.3. The van der Waals surface area contributed by atoms with Crippen LogP contribution in [0.5, 0.6) is 0 Å². The van der Waals surface area contributed by atoms with E-state index in [9.17, 15) is 14.4 Å². The second kappa shape index (κ2) is 14.4. The zero-order chi connectivity index (χ0) is 27.5. The van der Waals surface area contributed by atoms with Crippen molar-refractivity contribution in [1.29, 1.82) is 0 Å². The lowest BCUT2D eigenvalue weighted by Gasteiger charge is -2.34. The summed E-state index contributed by atoms with van der Waals surface area (Å²) in [5.74, 6) is -0.557. The van der Waals surface area contributed by atoms with Crippen molar-refractivity contribution in [3.63, 3.8) is 0 Å². The van der Waals surface area contributed by atoms with Crippen LogP contribution in [0.25, 0.3) is 0 Å². The van der Waals surface area contributed by atoms with E-state index in [1.165, 1.54) is 0 Å². The largest absolute Gasteiger partial charge is 0.369 e. The molecule has 1 fully saturated rings. The fourth-order valence-corrected chi connectivity index (χ4v) is 5.19. The average Bonchev–Trinajstić information content (AvgIpc) is 2.90. The standard InChI is InChI=1S/C28H37Cl2N5O3/c29-22-12-9-20(16-23(22)30)18-33-27(38)35-24(6-2-5-15-31)25(36)34-21-10-7-19(8-11-21)17-28(26(32)37)13-3-1-4-14-28/h7-12,16,24H,1-6,13-15,17-18,31H2,(H2,32,37)(H,34,36)(H2,33,35,38). The molecular weight excluding hydrogens is 525 g/mol. The van der Waals surface area contributed by atoms with Crippen LogP contribution in [0.4, 0.5) is 10.5 Å². The molecule has 38 heavy (non-hydrogen) atoms. The highest BCUT2D eigenvalue weighted by atomic mass is 35.5. The molecular formula is C28H37Cl2N5O3. The van der Waals surface area contributed by atoms with Crippen molar-refractivity contribution in [3.05, 3.63) is 63.6 Å². The minimum Gasteiger partial charge on any atom is -0.369 e. The van der Waals surface area contributed by atoms with Gasteiger partial charge >= 0.3 is 6.03 Å². The SMILES string of the molecule is NCCCCC(NC(=O)NCc1ccc(Cl)c(Cl)c1)C(=O)Nc1ccc(CC2(C(N)=O)CCCCC2)cc1. The van der Waals surface area contributed by atoms with E-state index in [4.69, 9.17) is 34.7 Å². The molecule has 0 aromatic heterocycles. The van der Waals surface area contributed by atoms with Gasteiger partial charge in [-0.05, 0) is 80.5 Å². The summed E-state index contributed by atoms with van der Waals surface area (Å²) in [5.41, 5.74) is 13.3. The third kappa shape index (κ3) is 8.61. The van der Waals surface area contributed by atoms with Crippen molar-refractivity contribution in [3.8, 4) is 0 Å². The van der Waals surface area contributed by atoms with Gasteiger partial charge in [0.25, 0.3) is 0 Å². The van der Waals surface area contributed by atoms with Gasteiger partial charge < -0.3 is 27.4 Å². The number of nitrogens with two attached hydrogens (primary N) is 2. The number of hydrogen-bond acceptors (Lipinski definition) is 4. The fourth-order valence-electron chi connectivity index (χ4n) is 4.87. The Bertz CT molecular complexity index is 1100. The Labute approximate surface area is 234 Å². The Morgan fingerprint density at radius 1 is 0.921 bits per heavy atom. The molecule has 1 unspecified atom stereocenters. The molecule has 0 aliphatic heterocycles. The first-order valence-corrected chi connectivity index (χ1v) is 13.9. The van der Waals surface area contributed by atoms with Gasteiger partial charge in [-0.3, -0.25) is 9.59 Å². The highest BCUT2D eigenvalue weighted by Crippen LogP contribution is 2.39. The number of carbonyl (C=O) groups is 3. The molecule has 0 spiro atoms. The molecule has 2 aromatic rings. The number of anilines is 1. The number of hydrogen-bond donors (Lipinski definition) is 5. The van der Waals surface area contributed by atoms with Crippen LogP contribution in [-0.2, 0) is 22.6 Å². The first-order chi connectivity index (χ1) is 18.2. The number of rotatable bonds is 12. The number of amides is 4. The van der Waals surface area contributed by atoms with Crippen molar-refractivity contribution in [2.75, 3.05) is 11.9 Å². The summed E-state index contributed by atoms with van der Waals surface area (Å²) in [6.07, 6.45) is 7.25. The number of benzene rings is 2. The number of unbranched alkanes of at least 4 members (excludes halogenated alkanes) is 1. The van der Waals surface area contributed by atoms with Crippen LogP contribution in [0.2, 0.25) is 10.0 Å². The summed E-state index contributed by atoms with van der Waals surface area (Å²) in [6, 6.07) is 11.3. The Hall–Kier alpha value is -2.81. The molecule has 1 aliphatic rings. The summed E-state index contributed by atoms with van der Waals surface area (Å²) >= 11 is 12.0. The molecule has 206 valence electrons. The van der Waals surface area contributed by atoms with E-state index >= 15 is 0 Å². The maximum atomic E-state index is 13.1. The molecule has 0 saturated heterocycles. The molecule has 0 heterocycles. The third-order valence-corrected chi connectivity index (χ3v) is 7.84. The molecule has 0 radical (unpaired) electrons. The summed E-state index contributed by atoms with van der Waals surface area (Å²) in [7, 11) is 0. The monoisotopic (exact) mass is 561 g/mol. The van der Waals surface area contributed by atoms with E-state index in [-0.39, 0.29) is 18.4 Å². The van der Waals surface area contributed by atoms with E-state index < -0.39 is 17.5 Å². The lowest BCUT2D eigenvalue weighted by molar-refractivity contribution is -0.129. The van der Waals surface area contributed by atoms with Crippen LogP contribution in [-0.4, -0.2) is 30.4 Å². The zero-order valence-electron chi connectivity index (χ0n) is 21.5. The second-order valence-electron chi connectivity index (χ2n) is 9.98. The molecule has 7 N–H and O–H groups in total. The van der Waals surface area contributed by atoms with Gasteiger partial charge in [0.15, 0.2) is 0 Å². The molecule has 1 saturated carbocycles. The van der Waals surface area contributed by atoms with Gasteiger partial charge in [-0.2, -0.15) is 0 Å². The lowest BCUT2D eigenvalue weighted by atomic mass is 9.70. The minimum atomic E-state index is -0.740. The quantitative estimate of drug-likeness (QED) is 0.235. The highest BCUT2D eigenvalue weighted by molar-refractivity contribution is 6.42. The molecule has 8 nitrogen and oxygen atoms in total. The number of carbonyl (C=O) groups excluding carboxylic acids is 3. The van der Waals surface area contributed by atoms with E-state index in [2.05, 4.69) is 16.0 Å². The molecule has 0 bridgehead atoms. The Kier molecular flexibility index (Phi) is 11.2. The molecule has 4 amide bonds. The summed E-state index contributed by atoms with van der Waals surface area (Å²) < 4.78 is 0.